The third kappa shape index (κ3) is 5.16. The molecule has 0 aliphatic carbocycles. The zero-order chi connectivity index (χ0) is 18.5. The van der Waals surface area contributed by atoms with Crippen LogP contribution in [-0.2, 0) is 0 Å². The quantitative estimate of drug-likeness (QED) is 0.555. The summed E-state index contributed by atoms with van der Waals surface area (Å²) in [7, 11) is -0.415. The molecule has 0 spiro atoms. The molecule has 3 rings (SSSR count). The number of alkyl halides is 2. The number of rotatable bonds is 6. The number of benzene rings is 2. The van der Waals surface area contributed by atoms with Gasteiger partial charge in [-0.05, 0) is 41.5 Å². The van der Waals surface area contributed by atoms with E-state index in [0.717, 1.165) is 23.0 Å². The van der Waals surface area contributed by atoms with Crippen LogP contribution < -0.4 is 9.92 Å². The molecule has 139 valence electrons. The first-order valence-corrected chi connectivity index (χ1v) is 11.4. The van der Waals surface area contributed by atoms with E-state index in [-0.39, 0.29) is 5.75 Å². The first kappa shape index (κ1) is 19.1. The molecule has 1 saturated heterocycles. The lowest BCUT2D eigenvalue weighted by Gasteiger charge is -2.28. The van der Waals surface area contributed by atoms with Crippen molar-refractivity contribution in [2.24, 2.45) is 11.8 Å². The minimum Gasteiger partial charge on any atom is -0.435 e. The Morgan fingerprint density at radius 1 is 0.923 bits per heavy atom. The van der Waals surface area contributed by atoms with Crippen molar-refractivity contribution < 1.29 is 13.5 Å². The summed E-state index contributed by atoms with van der Waals surface area (Å²) < 4.78 is 28.9. The molecule has 0 unspecified atom stereocenters. The molecular formula is C22H27F2OSi. The zero-order valence-corrected chi connectivity index (χ0v) is 16.6. The first-order valence-electron chi connectivity index (χ1n) is 9.51. The molecule has 0 saturated carbocycles. The first-order chi connectivity index (χ1) is 12.5. The van der Waals surface area contributed by atoms with Crippen LogP contribution in [0.1, 0.15) is 33.1 Å². The summed E-state index contributed by atoms with van der Waals surface area (Å²) in [6, 6.07) is 18.5. The third-order valence-electron chi connectivity index (χ3n) is 5.22. The van der Waals surface area contributed by atoms with Gasteiger partial charge in [0.15, 0.2) is 0 Å². The van der Waals surface area contributed by atoms with E-state index in [1.807, 2.05) is 12.1 Å². The summed E-state index contributed by atoms with van der Waals surface area (Å²) in [6.07, 6.45) is 4.15. The molecule has 4 heteroatoms. The summed E-state index contributed by atoms with van der Waals surface area (Å²) >= 11 is 0. The Labute approximate surface area is 157 Å². The monoisotopic (exact) mass is 373 g/mol. The van der Waals surface area contributed by atoms with Gasteiger partial charge in [0.25, 0.3) is 0 Å². The zero-order valence-electron chi connectivity index (χ0n) is 15.6. The van der Waals surface area contributed by atoms with E-state index in [0.29, 0.717) is 0 Å². The second-order valence-electron chi connectivity index (χ2n) is 7.66. The van der Waals surface area contributed by atoms with Crippen molar-refractivity contribution >= 4 is 14.0 Å². The van der Waals surface area contributed by atoms with Gasteiger partial charge in [-0.3, -0.25) is 0 Å². The molecule has 1 nitrogen and oxygen atoms in total. The largest absolute Gasteiger partial charge is 0.435 e. The molecule has 1 heterocycles. The van der Waals surface area contributed by atoms with Crippen molar-refractivity contribution in [2.45, 2.75) is 51.8 Å². The van der Waals surface area contributed by atoms with E-state index in [2.05, 4.69) is 42.8 Å². The van der Waals surface area contributed by atoms with E-state index in [1.165, 1.54) is 36.5 Å². The fraction of sp³-hybridized carbons (Fsp3) is 0.455. The van der Waals surface area contributed by atoms with Crippen molar-refractivity contribution in [1.29, 1.82) is 0 Å². The number of hydrogen-bond donors (Lipinski definition) is 0. The van der Waals surface area contributed by atoms with Gasteiger partial charge in [-0.1, -0.05) is 80.4 Å². The molecule has 1 aliphatic heterocycles. The third-order valence-corrected chi connectivity index (χ3v) is 8.15. The van der Waals surface area contributed by atoms with Crippen molar-refractivity contribution in [2.75, 3.05) is 0 Å². The second kappa shape index (κ2) is 8.80. The Kier molecular flexibility index (Phi) is 6.46. The number of ether oxygens (including phenoxy) is 1. The molecule has 1 aliphatic rings. The highest BCUT2D eigenvalue weighted by atomic mass is 28.3. The van der Waals surface area contributed by atoms with Gasteiger partial charge in [-0.25, -0.2) is 0 Å². The van der Waals surface area contributed by atoms with Crippen molar-refractivity contribution in [3.05, 3.63) is 48.5 Å². The van der Waals surface area contributed by atoms with Crippen LogP contribution in [0.5, 0.6) is 5.75 Å². The molecule has 26 heavy (non-hydrogen) atoms. The van der Waals surface area contributed by atoms with E-state index in [1.54, 1.807) is 12.1 Å². The summed E-state index contributed by atoms with van der Waals surface area (Å²) in [6.45, 7) is 1.87. The molecule has 0 amide bonds. The fourth-order valence-corrected chi connectivity index (χ4v) is 6.92. The summed E-state index contributed by atoms with van der Waals surface area (Å²) in [5.41, 5.74) is 2.14. The normalized spacial score (nSPS) is 16.4. The van der Waals surface area contributed by atoms with Crippen LogP contribution >= 0.6 is 0 Å². The summed E-state index contributed by atoms with van der Waals surface area (Å²) in [4.78, 5) is 0. The molecule has 0 atom stereocenters. The lowest BCUT2D eigenvalue weighted by Crippen LogP contribution is -2.34. The van der Waals surface area contributed by atoms with Crippen molar-refractivity contribution in [1.82, 2.24) is 0 Å². The maximum absolute atomic E-state index is 12.2. The highest BCUT2D eigenvalue weighted by molar-refractivity contribution is 6.73. The van der Waals surface area contributed by atoms with Gasteiger partial charge in [-0.15, -0.1) is 0 Å². The smallest absolute Gasteiger partial charge is 0.387 e. The average Bonchev–Trinajstić information content (AvgIpc) is 2.62. The molecule has 2 aromatic carbocycles. The molecule has 0 aromatic heterocycles. The summed E-state index contributed by atoms with van der Waals surface area (Å²) in [5.74, 6) is 1.94. The summed E-state index contributed by atoms with van der Waals surface area (Å²) in [5, 5.41) is 1.53. The van der Waals surface area contributed by atoms with Gasteiger partial charge in [0.2, 0.25) is 0 Å². The Hall–Kier alpha value is -1.68. The maximum atomic E-state index is 12.2. The van der Waals surface area contributed by atoms with Gasteiger partial charge in [0.05, 0.1) is 8.80 Å². The molecule has 1 radical (unpaired) electrons. The molecule has 0 N–H and O–H groups in total. The topological polar surface area (TPSA) is 9.23 Å². The van der Waals surface area contributed by atoms with Gasteiger partial charge < -0.3 is 4.74 Å². The van der Waals surface area contributed by atoms with Crippen LogP contribution in [-0.4, -0.2) is 15.4 Å². The molecule has 0 bridgehead atoms. The van der Waals surface area contributed by atoms with Crippen LogP contribution in [0.3, 0.4) is 0 Å². The number of halogens is 2. The van der Waals surface area contributed by atoms with Gasteiger partial charge in [-0.2, -0.15) is 8.78 Å². The number of hydrogen-bond acceptors (Lipinski definition) is 1. The van der Waals surface area contributed by atoms with Crippen molar-refractivity contribution in [3.63, 3.8) is 0 Å². The van der Waals surface area contributed by atoms with E-state index in [9.17, 15) is 8.78 Å². The minimum absolute atomic E-state index is 0.198. The second-order valence-corrected chi connectivity index (χ2v) is 10.4. The van der Waals surface area contributed by atoms with Crippen LogP contribution in [0.25, 0.3) is 11.1 Å². The highest BCUT2D eigenvalue weighted by Crippen LogP contribution is 2.30. The lowest BCUT2D eigenvalue weighted by molar-refractivity contribution is -0.0498. The Morgan fingerprint density at radius 2 is 1.46 bits per heavy atom. The van der Waals surface area contributed by atoms with E-state index >= 15 is 0 Å². The van der Waals surface area contributed by atoms with Crippen LogP contribution in [0.15, 0.2) is 48.5 Å². The van der Waals surface area contributed by atoms with E-state index < -0.39 is 15.4 Å². The molecule has 1 fully saturated rings. The average molecular weight is 374 g/mol. The van der Waals surface area contributed by atoms with E-state index in [4.69, 9.17) is 0 Å². The SMILES string of the molecule is CC(C)CC1CC[Si](c2ccc(-c3ccc(OC(F)F)cc3)cc2)CC1. The van der Waals surface area contributed by atoms with Crippen LogP contribution in [0.2, 0.25) is 12.1 Å². The maximum Gasteiger partial charge on any atom is 0.387 e. The fourth-order valence-electron chi connectivity index (χ4n) is 3.94. The predicted octanol–water partition coefficient (Wildman–Crippen LogP) is 6.11. The van der Waals surface area contributed by atoms with Crippen molar-refractivity contribution in [3.8, 4) is 16.9 Å². The highest BCUT2D eigenvalue weighted by Gasteiger charge is 2.24. The molecule has 2 aromatic rings. The Bertz CT molecular complexity index is 674. The van der Waals surface area contributed by atoms with Crippen LogP contribution in [0, 0.1) is 11.8 Å². The predicted molar refractivity (Wildman–Crippen MR) is 106 cm³/mol. The van der Waals surface area contributed by atoms with Gasteiger partial charge in [0.1, 0.15) is 5.75 Å². The van der Waals surface area contributed by atoms with Gasteiger partial charge >= 0.3 is 6.61 Å². The molecular weight excluding hydrogens is 346 g/mol. The Morgan fingerprint density at radius 3 is 1.96 bits per heavy atom. The minimum atomic E-state index is -2.78. The lowest BCUT2D eigenvalue weighted by atomic mass is 9.92. The van der Waals surface area contributed by atoms with Crippen LogP contribution in [0.4, 0.5) is 8.78 Å². The Balaban J connectivity index is 1.60. The standard InChI is InChI=1S/C22H27F2OSi/c1-16(2)15-17-11-13-26(14-12-17)21-9-5-19(6-10-21)18-3-7-20(8-4-18)25-22(23)24/h3-10,16-17,22H,11-15H2,1-2H3. The van der Waals surface area contributed by atoms with Gasteiger partial charge in [0, 0.05) is 0 Å².